The monoisotopic (exact) mass is 271 g/mol. The highest BCUT2D eigenvalue weighted by atomic mass is 35.5. The highest BCUT2D eigenvalue weighted by molar-refractivity contribution is 6.32. The van der Waals surface area contributed by atoms with Crippen molar-refractivity contribution in [3.05, 3.63) is 16.7 Å². The molecule has 1 aliphatic rings. The van der Waals surface area contributed by atoms with Crippen molar-refractivity contribution in [3.63, 3.8) is 0 Å². The number of methoxy groups -OCH3 is 3. The van der Waals surface area contributed by atoms with Crippen LogP contribution in [0.15, 0.2) is 6.07 Å². The molecule has 0 spiro atoms. The number of hydrogen-bond acceptors (Lipinski definition) is 4. The van der Waals surface area contributed by atoms with Crippen LogP contribution in [0.3, 0.4) is 0 Å². The molecule has 1 aromatic rings. The van der Waals surface area contributed by atoms with Crippen LogP contribution in [0.25, 0.3) is 0 Å². The van der Waals surface area contributed by atoms with E-state index in [2.05, 4.69) is 5.32 Å². The molecule has 1 saturated heterocycles. The highest BCUT2D eigenvalue weighted by Gasteiger charge is 2.28. The van der Waals surface area contributed by atoms with Gasteiger partial charge in [-0.25, -0.2) is 0 Å². The van der Waals surface area contributed by atoms with Crippen LogP contribution in [0.2, 0.25) is 5.02 Å². The summed E-state index contributed by atoms with van der Waals surface area (Å²) in [6.07, 6.45) is 1.04. The number of halogens is 1. The highest BCUT2D eigenvalue weighted by Crippen LogP contribution is 2.47. The van der Waals surface area contributed by atoms with Crippen molar-refractivity contribution in [3.8, 4) is 17.2 Å². The molecule has 0 amide bonds. The normalized spacial score (nSPS) is 18.8. The van der Waals surface area contributed by atoms with Gasteiger partial charge in [-0.05, 0) is 13.0 Å². The van der Waals surface area contributed by atoms with E-state index in [0.29, 0.717) is 28.2 Å². The van der Waals surface area contributed by atoms with E-state index in [-0.39, 0.29) is 0 Å². The number of nitrogens with one attached hydrogen (secondary N) is 1. The van der Waals surface area contributed by atoms with Gasteiger partial charge in [0.2, 0.25) is 0 Å². The quantitative estimate of drug-likeness (QED) is 0.913. The number of ether oxygens (including phenoxy) is 3. The van der Waals surface area contributed by atoms with Crippen LogP contribution in [0.1, 0.15) is 17.9 Å². The average molecular weight is 272 g/mol. The van der Waals surface area contributed by atoms with Crippen molar-refractivity contribution in [2.24, 2.45) is 0 Å². The van der Waals surface area contributed by atoms with Crippen LogP contribution < -0.4 is 19.5 Å². The van der Waals surface area contributed by atoms with Gasteiger partial charge in [-0.1, -0.05) is 11.6 Å². The summed E-state index contributed by atoms with van der Waals surface area (Å²) in [6.45, 7) is 1.89. The molecule has 2 rings (SSSR count). The fourth-order valence-electron chi connectivity index (χ4n) is 2.45. The largest absolute Gasteiger partial charge is 0.495 e. The van der Waals surface area contributed by atoms with E-state index >= 15 is 0 Å². The maximum atomic E-state index is 6.24. The van der Waals surface area contributed by atoms with E-state index in [4.69, 9.17) is 25.8 Å². The van der Waals surface area contributed by atoms with Gasteiger partial charge in [-0.3, -0.25) is 0 Å². The van der Waals surface area contributed by atoms with Crippen LogP contribution in [0.4, 0.5) is 0 Å². The van der Waals surface area contributed by atoms with Crippen LogP contribution in [0.5, 0.6) is 17.2 Å². The molecule has 100 valence electrons. The van der Waals surface area contributed by atoms with Crippen molar-refractivity contribution >= 4 is 11.6 Å². The van der Waals surface area contributed by atoms with Gasteiger partial charge in [-0.15, -0.1) is 0 Å². The number of benzene rings is 1. The number of hydrogen-bond donors (Lipinski definition) is 1. The van der Waals surface area contributed by atoms with Crippen molar-refractivity contribution < 1.29 is 14.2 Å². The van der Waals surface area contributed by atoms with Crippen LogP contribution >= 0.6 is 11.6 Å². The molecule has 1 fully saturated rings. The molecule has 1 aromatic carbocycles. The van der Waals surface area contributed by atoms with Crippen LogP contribution in [-0.2, 0) is 0 Å². The molecule has 0 aromatic heterocycles. The summed E-state index contributed by atoms with van der Waals surface area (Å²) >= 11 is 6.24. The SMILES string of the molecule is COc1cc(Cl)c(OC)c(C2CCNC2)c1OC. The zero-order valence-corrected chi connectivity index (χ0v) is 11.6. The molecule has 1 atom stereocenters. The zero-order chi connectivity index (χ0) is 13.1. The Balaban J connectivity index is 2.59. The van der Waals surface area contributed by atoms with E-state index in [9.17, 15) is 0 Å². The summed E-state index contributed by atoms with van der Waals surface area (Å²) in [5.41, 5.74) is 0.995. The average Bonchev–Trinajstić information content (AvgIpc) is 2.90. The molecule has 1 N–H and O–H groups in total. The predicted octanol–water partition coefficient (Wildman–Crippen LogP) is 2.44. The minimum atomic E-state index is 0.336. The first kappa shape index (κ1) is 13.3. The van der Waals surface area contributed by atoms with Gasteiger partial charge in [0.1, 0.15) is 5.75 Å². The van der Waals surface area contributed by atoms with E-state index in [1.165, 1.54) is 0 Å². The van der Waals surface area contributed by atoms with E-state index in [1.54, 1.807) is 27.4 Å². The molecule has 1 heterocycles. The van der Waals surface area contributed by atoms with E-state index in [1.807, 2.05) is 0 Å². The zero-order valence-electron chi connectivity index (χ0n) is 10.9. The second kappa shape index (κ2) is 5.67. The lowest BCUT2D eigenvalue weighted by Gasteiger charge is -2.21. The fourth-order valence-corrected chi connectivity index (χ4v) is 2.73. The Kier molecular flexibility index (Phi) is 4.19. The third kappa shape index (κ3) is 2.22. The predicted molar refractivity (Wildman–Crippen MR) is 71.3 cm³/mol. The second-order valence-corrected chi connectivity index (χ2v) is 4.64. The number of rotatable bonds is 4. The molecule has 1 unspecified atom stereocenters. The lowest BCUT2D eigenvalue weighted by atomic mass is 9.95. The van der Waals surface area contributed by atoms with Crippen molar-refractivity contribution in [2.75, 3.05) is 34.4 Å². The topological polar surface area (TPSA) is 39.7 Å². The minimum absolute atomic E-state index is 0.336. The molecule has 5 heteroatoms. The van der Waals surface area contributed by atoms with Crippen molar-refractivity contribution in [1.29, 1.82) is 0 Å². The third-order valence-corrected chi connectivity index (χ3v) is 3.57. The summed E-state index contributed by atoms with van der Waals surface area (Å²) in [5, 5.41) is 3.89. The maximum absolute atomic E-state index is 6.24. The summed E-state index contributed by atoms with van der Waals surface area (Å²) in [5.74, 6) is 2.38. The Bertz CT molecular complexity index is 431. The van der Waals surface area contributed by atoms with Crippen LogP contribution in [-0.4, -0.2) is 34.4 Å². The van der Waals surface area contributed by atoms with Gasteiger partial charge in [0.05, 0.1) is 26.4 Å². The summed E-state index contributed by atoms with van der Waals surface area (Å²) in [4.78, 5) is 0. The van der Waals surface area contributed by atoms with Crippen molar-refractivity contribution in [2.45, 2.75) is 12.3 Å². The molecule has 1 aliphatic heterocycles. The standard InChI is InChI=1S/C13H18ClNO3/c1-16-10-6-9(14)12(17-2)11(13(10)18-3)8-4-5-15-7-8/h6,8,15H,4-5,7H2,1-3H3. The Morgan fingerprint density at radius 3 is 2.39 bits per heavy atom. The van der Waals surface area contributed by atoms with Crippen molar-refractivity contribution in [1.82, 2.24) is 5.32 Å². The molecule has 0 saturated carbocycles. The molecule has 4 nitrogen and oxygen atoms in total. The summed E-state index contributed by atoms with van der Waals surface area (Å²) < 4.78 is 16.3. The van der Waals surface area contributed by atoms with Gasteiger partial charge < -0.3 is 19.5 Å². The summed E-state index contributed by atoms with van der Waals surface area (Å²) in [6, 6.07) is 1.73. The first-order valence-electron chi connectivity index (χ1n) is 5.92. The Hall–Kier alpha value is -1.13. The lowest BCUT2D eigenvalue weighted by Crippen LogP contribution is -2.10. The van der Waals surface area contributed by atoms with Gasteiger partial charge in [-0.2, -0.15) is 0 Å². The van der Waals surface area contributed by atoms with Gasteiger partial charge in [0.25, 0.3) is 0 Å². The Morgan fingerprint density at radius 2 is 1.89 bits per heavy atom. The Morgan fingerprint density at radius 1 is 1.17 bits per heavy atom. The van der Waals surface area contributed by atoms with Gasteiger partial charge >= 0.3 is 0 Å². The molecular weight excluding hydrogens is 254 g/mol. The first-order chi connectivity index (χ1) is 8.72. The third-order valence-electron chi connectivity index (χ3n) is 3.28. The van der Waals surface area contributed by atoms with E-state index in [0.717, 1.165) is 25.1 Å². The van der Waals surface area contributed by atoms with Gasteiger partial charge in [0, 0.05) is 24.1 Å². The minimum Gasteiger partial charge on any atom is -0.495 e. The molecular formula is C13H18ClNO3. The molecule has 0 bridgehead atoms. The van der Waals surface area contributed by atoms with Crippen LogP contribution in [0, 0.1) is 0 Å². The second-order valence-electron chi connectivity index (χ2n) is 4.23. The fraction of sp³-hybridized carbons (Fsp3) is 0.538. The lowest BCUT2D eigenvalue weighted by molar-refractivity contribution is 0.341. The molecule has 18 heavy (non-hydrogen) atoms. The molecule has 0 radical (unpaired) electrons. The van der Waals surface area contributed by atoms with E-state index < -0.39 is 0 Å². The maximum Gasteiger partial charge on any atom is 0.168 e. The molecule has 0 aliphatic carbocycles. The Labute approximate surface area is 112 Å². The summed E-state index contributed by atoms with van der Waals surface area (Å²) in [7, 11) is 4.87. The van der Waals surface area contributed by atoms with Gasteiger partial charge in [0.15, 0.2) is 11.5 Å². The smallest absolute Gasteiger partial charge is 0.168 e. The first-order valence-corrected chi connectivity index (χ1v) is 6.29.